The summed E-state index contributed by atoms with van der Waals surface area (Å²) in [4.78, 5) is 13.6. The van der Waals surface area contributed by atoms with Crippen molar-refractivity contribution < 1.29 is 22.7 Å². The first-order valence-electron chi connectivity index (χ1n) is 9.68. The molecule has 3 nitrogen and oxygen atoms in total. The summed E-state index contributed by atoms with van der Waals surface area (Å²) in [6.07, 6.45) is 0.801. The first-order chi connectivity index (χ1) is 14.9. The van der Waals surface area contributed by atoms with Gasteiger partial charge in [0.05, 0.1) is 6.04 Å². The van der Waals surface area contributed by atoms with Crippen LogP contribution in [0.15, 0.2) is 79.0 Å². The van der Waals surface area contributed by atoms with Gasteiger partial charge in [0, 0.05) is 23.0 Å². The number of hydrogen-bond acceptors (Lipinski definition) is 3. The molecule has 0 spiro atoms. The van der Waals surface area contributed by atoms with Crippen LogP contribution in [0.3, 0.4) is 0 Å². The summed E-state index contributed by atoms with van der Waals surface area (Å²) in [6, 6.07) is 22.0. The number of benzene rings is 3. The van der Waals surface area contributed by atoms with Crippen LogP contribution in [0, 0.1) is 0 Å². The van der Waals surface area contributed by atoms with E-state index in [9.17, 15) is 18.0 Å². The van der Waals surface area contributed by atoms with Crippen LogP contribution in [0.5, 0.6) is 5.75 Å². The number of halogens is 3. The van der Waals surface area contributed by atoms with Crippen LogP contribution in [0.25, 0.3) is 17.7 Å². The SMILES string of the molecule is O=C(Oc1ccccc1C=C1c2ccccc2N2C=Cc3ccccc3C12)C(F)(F)F. The number of carbonyl (C=O) groups is 1. The van der Waals surface area contributed by atoms with Crippen molar-refractivity contribution in [3.8, 4) is 5.75 Å². The highest BCUT2D eigenvalue weighted by molar-refractivity contribution is 5.99. The van der Waals surface area contributed by atoms with Crippen molar-refractivity contribution in [1.82, 2.24) is 0 Å². The average Bonchev–Trinajstić information content (AvgIpc) is 3.08. The quantitative estimate of drug-likeness (QED) is 0.364. The molecule has 0 aliphatic carbocycles. The molecule has 2 aliphatic rings. The molecule has 0 amide bonds. The van der Waals surface area contributed by atoms with Crippen molar-refractivity contribution >= 4 is 29.4 Å². The van der Waals surface area contributed by atoms with E-state index in [-0.39, 0.29) is 11.8 Å². The van der Waals surface area contributed by atoms with Gasteiger partial charge in [-0.1, -0.05) is 60.7 Å². The lowest BCUT2D eigenvalue weighted by atomic mass is 9.90. The molecule has 0 saturated carbocycles. The highest BCUT2D eigenvalue weighted by Crippen LogP contribution is 2.52. The molecule has 154 valence electrons. The monoisotopic (exact) mass is 419 g/mol. The zero-order valence-corrected chi connectivity index (χ0v) is 16.1. The van der Waals surface area contributed by atoms with Crippen LogP contribution in [0.1, 0.15) is 28.3 Å². The Hall–Kier alpha value is -3.80. The molecule has 0 radical (unpaired) electrons. The van der Waals surface area contributed by atoms with Crippen molar-refractivity contribution in [3.63, 3.8) is 0 Å². The molecule has 3 aromatic rings. The van der Waals surface area contributed by atoms with Crippen molar-refractivity contribution in [2.75, 3.05) is 4.90 Å². The Kier molecular flexibility index (Phi) is 4.43. The molecule has 31 heavy (non-hydrogen) atoms. The average molecular weight is 419 g/mol. The Morgan fingerprint density at radius 3 is 2.48 bits per heavy atom. The lowest BCUT2D eigenvalue weighted by molar-refractivity contribution is -0.189. The maximum Gasteiger partial charge on any atom is 0.491 e. The molecular formula is C25H16F3NO2. The minimum absolute atomic E-state index is 0.132. The second-order valence-corrected chi connectivity index (χ2v) is 7.30. The summed E-state index contributed by atoms with van der Waals surface area (Å²) in [5.41, 5.74) is 5.48. The fraction of sp³-hybridized carbons (Fsp3) is 0.0800. The van der Waals surface area contributed by atoms with Gasteiger partial charge in [0.15, 0.2) is 0 Å². The Morgan fingerprint density at radius 2 is 1.65 bits per heavy atom. The number of carbonyl (C=O) groups excluding carboxylic acids is 1. The molecule has 0 N–H and O–H groups in total. The molecule has 0 aromatic heterocycles. The fourth-order valence-corrected chi connectivity index (χ4v) is 4.11. The minimum Gasteiger partial charge on any atom is -0.419 e. The fourth-order valence-electron chi connectivity index (χ4n) is 4.11. The summed E-state index contributed by atoms with van der Waals surface area (Å²) >= 11 is 0. The van der Waals surface area contributed by atoms with Gasteiger partial charge in [-0.05, 0) is 41.0 Å². The molecule has 0 saturated heterocycles. The Balaban J connectivity index is 1.65. The van der Waals surface area contributed by atoms with Crippen molar-refractivity contribution in [2.24, 2.45) is 0 Å². The third kappa shape index (κ3) is 3.30. The number of alkyl halides is 3. The predicted molar refractivity (Wildman–Crippen MR) is 113 cm³/mol. The second kappa shape index (κ2) is 7.16. The molecule has 5 rings (SSSR count). The molecule has 6 heteroatoms. The molecule has 0 fully saturated rings. The van der Waals surface area contributed by atoms with Crippen LogP contribution in [-0.2, 0) is 4.79 Å². The molecule has 0 bridgehead atoms. The van der Waals surface area contributed by atoms with Crippen LogP contribution < -0.4 is 9.64 Å². The van der Waals surface area contributed by atoms with Gasteiger partial charge in [-0.25, -0.2) is 4.79 Å². The number of ether oxygens (including phenoxy) is 1. The van der Waals surface area contributed by atoms with Crippen LogP contribution in [-0.4, -0.2) is 12.1 Å². The first kappa shape index (κ1) is 19.2. The van der Waals surface area contributed by atoms with Gasteiger partial charge >= 0.3 is 12.1 Å². The van der Waals surface area contributed by atoms with Crippen LogP contribution in [0.2, 0.25) is 0 Å². The van der Waals surface area contributed by atoms with Gasteiger partial charge in [-0.15, -0.1) is 0 Å². The maximum atomic E-state index is 12.8. The standard InChI is InChI=1S/C25H16F3NO2/c26-25(27,28)24(30)31-22-12-6-2-8-17(22)15-20-19-10-4-5-11-21(19)29-14-13-16-7-1-3-9-18(16)23(20)29/h1-15,23H. The molecule has 1 unspecified atom stereocenters. The van der Waals surface area contributed by atoms with E-state index in [0.717, 1.165) is 28.0 Å². The molecule has 2 heterocycles. The lowest BCUT2D eigenvalue weighted by Gasteiger charge is -2.30. The van der Waals surface area contributed by atoms with E-state index in [1.165, 1.54) is 12.1 Å². The Labute approximate surface area is 176 Å². The van der Waals surface area contributed by atoms with E-state index in [0.29, 0.717) is 5.56 Å². The summed E-state index contributed by atoms with van der Waals surface area (Å²) < 4.78 is 42.9. The van der Waals surface area contributed by atoms with Crippen molar-refractivity contribution in [1.29, 1.82) is 0 Å². The van der Waals surface area contributed by atoms with E-state index in [2.05, 4.69) is 9.64 Å². The van der Waals surface area contributed by atoms with E-state index < -0.39 is 12.1 Å². The van der Waals surface area contributed by atoms with Crippen LogP contribution >= 0.6 is 0 Å². The number of esters is 1. The lowest BCUT2D eigenvalue weighted by Crippen LogP contribution is -2.28. The molecular weight excluding hydrogens is 403 g/mol. The maximum absolute atomic E-state index is 12.8. The number of para-hydroxylation sites is 2. The zero-order valence-electron chi connectivity index (χ0n) is 16.1. The summed E-state index contributed by atoms with van der Waals surface area (Å²) in [7, 11) is 0. The Morgan fingerprint density at radius 1 is 0.935 bits per heavy atom. The normalized spacial score (nSPS) is 17.8. The highest BCUT2D eigenvalue weighted by Gasteiger charge is 2.42. The van der Waals surface area contributed by atoms with Gasteiger partial charge in [0.2, 0.25) is 0 Å². The van der Waals surface area contributed by atoms with Crippen molar-refractivity contribution in [2.45, 2.75) is 12.2 Å². The Bertz CT molecular complexity index is 1240. The molecule has 2 aliphatic heterocycles. The predicted octanol–water partition coefficient (Wildman–Crippen LogP) is 6.24. The van der Waals surface area contributed by atoms with E-state index in [1.807, 2.05) is 60.8 Å². The van der Waals surface area contributed by atoms with Crippen LogP contribution in [0.4, 0.5) is 18.9 Å². The number of rotatable bonds is 2. The number of nitrogens with zero attached hydrogens (tertiary/aromatic N) is 1. The van der Waals surface area contributed by atoms with Crippen molar-refractivity contribution in [3.05, 3.63) is 101 Å². The van der Waals surface area contributed by atoms with Gasteiger partial charge in [0.1, 0.15) is 5.75 Å². The summed E-state index contributed by atoms with van der Waals surface area (Å²) in [6.45, 7) is 0. The third-order valence-electron chi connectivity index (χ3n) is 5.44. The van der Waals surface area contributed by atoms with Gasteiger partial charge in [-0.2, -0.15) is 13.2 Å². The smallest absolute Gasteiger partial charge is 0.419 e. The second-order valence-electron chi connectivity index (χ2n) is 7.30. The topological polar surface area (TPSA) is 29.5 Å². The van der Waals surface area contributed by atoms with Gasteiger partial charge < -0.3 is 9.64 Å². The van der Waals surface area contributed by atoms with E-state index >= 15 is 0 Å². The zero-order chi connectivity index (χ0) is 21.6. The minimum atomic E-state index is -5.07. The van der Waals surface area contributed by atoms with Gasteiger partial charge in [-0.3, -0.25) is 0 Å². The van der Waals surface area contributed by atoms with Gasteiger partial charge in [0.25, 0.3) is 0 Å². The first-order valence-corrected chi connectivity index (χ1v) is 9.68. The largest absolute Gasteiger partial charge is 0.491 e. The third-order valence-corrected chi connectivity index (χ3v) is 5.44. The molecule has 1 atom stereocenters. The number of hydrogen-bond donors (Lipinski definition) is 0. The number of anilines is 1. The summed E-state index contributed by atoms with van der Waals surface area (Å²) in [5.74, 6) is -2.37. The van der Waals surface area contributed by atoms with E-state index in [4.69, 9.17) is 0 Å². The molecule has 3 aromatic carbocycles. The van der Waals surface area contributed by atoms with E-state index in [1.54, 1.807) is 18.2 Å². The number of fused-ring (bicyclic) bond motifs is 5. The summed E-state index contributed by atoms with van der Waals surface area (Å²) in [5, 5.41) is 0. The highest BCUT2D eigenvalue weighted by atomic mass is 19.4.